The van der Waals surface area contributed by atoms with Crippen LogP contribution in [0.15, 0.2) is 6.07 Å². The van der Waals surface area contributed by atoms with Gasteiger partial charge in [-0.2, -0.15) is 0 Å². The summed E-state index contributed by atoms with van der Waals surface area (Å²) in [5.41, 5.74) is 3.69. The van der Waals surface area contributed by atoms with Crippen molar-refractivity contribution in [1.82, 2.24) is 14.8 Å². The Hall–Kier alpha value is -2.11. The van der Waals surface area contributed by atoms with E-state index in [4.69, 9.17) is 0 Å². The number of carbonyl (C=O) groups excluding carboxylic acids is 2. The Balaban J connectivity index is 1.48. The smallest absolute Gasteiger partial charge is 0.321 e. The fourth-order valence-electron chi connectivity index (χ4n) is 5.17. The quantitative estimate of drug-likeness (QED) is 0.841. The highest BCUT2D eigenvalue weighted by Crippen LogP contribution is 2.38. The van der Waals surface area contributed by atoms with Crippen molar-refractivity contribution < 1.29 is 9.59 Å². The van der Waals surface area contributed by atoms with Crippen LogP contribution >= 0.6 is 0 Å². The first-order valence-corrected chi connectivity index (χ1v) is 9.72. The average molecular weight is 356 g/mol. The van der Waals surface area contributed by atoms with Gasteiger partial charge in [0.2, 0.25) is 5.91 Å². The molecule has 26 heavy (non-hydrogen) atoms. The van der Waals surface area contributed by atoms with Gasteiger partial charge in [0.05, 0.1) is 11.4 Å². The molecule has 0 unspecified atom stereocenters. The molecule has 1 N–H and O–H groups in total. The number of fused-ring (bicyclic) bond motifs is 4. The van der Waals surface area contributed by atoms with Gasteiger partial charge in [-0.15, -0.1) is 0 Å². The van der Waals surface area contributed by atoms with Crippen LogP contribution in [0.1, 0.15) is 42.6 Å². The lowest BCUT2D eigenvalue weighted by Gasteiger charge is -2.52. The summed E-state index contributed by atoms with van der Waals surface area (Å²) < 4.78 is 0. The minimum Gasteiger partial charge on any atom is -0.339 e. The number of piperidine rings is 3. The van der Waals surface area contributed by atoms with Gasteiger partial charge < -0.3 is 15.1 Å². The van der Waals surface area contributed by atoms with Crippen molar-refractivity contribution in [3.8, 4) is 0 Å². The van der Waals surface area contributed by atoms with Crippen LogP contribution in [0.5, 0.6) is 0 Å². The summed E-state index contributed by atoms with van der Waals surface area (Å²) in [7, 11) is 0. The second-order valence-electron chi connectivity index (χ2n) is 8.24. The number of pyridine rings is 1. The highest BCUT2D eigenvalue weighted by atomic mass is 16.2. The van der Waals surface area contributed by atoms with Crippen molar-refractivity contribution in [2.45, 2.75) is 52.5 Å². The molecule has 0 spiro atoms. The van der Waals surface area contributed by atoms with Crippen molar-refractivity contribution in [2.24, 2.45) is 11.8 Å². The Bertz CT molecular complexity index is 724. The molecular weight excluding hydrogens is 328 g/mol. The third-order valence-electron chi connectivity index (χ3n) is 6.22. The number of amides is 3. The van der Waals surface area contributed by atoms with E-state index in [1.54, 1.807) is 0 Å². The molecule has 4 rings (SSSR count). The lowest BCUT2D eigenvalue weighted by atomic mass is 9.76. The van der Waals surface area contributed by atoms with Crippen LogP contribution in [-0.2, 0) is 4.79 Å². The Morgan fingerprint density at radius 1 is 1.23 bits per heavy atom. The van der Waals surface area contributed by atoms with E-state index in [-0.39, 0.29) is 6.03 Å². The number of anilines is 1. The molecular formula is C20H28N4O2. The molecule has 3 aliphatic rings. The molecule has 3 fully saturated rings. The predicted molar refractivity (Wildman–Crippen MR) is 100.0 cm³/mol. The summed E-state index contributed by atoms with van der Waals surface area (Å²) in [6.07, 6.45) is 3.90. The Morgan fingerprint density at radius 2 is 2.04 bits per heavy atom. The third-order valence-corrected chi connectivity index (χ3v) is 6.22. The maximum absolute atomic E-state index is 12.9. The summed E-state index contributed by atoms with van der Waals surface area (Å²) in [6.45, 7) is 8.20. The maximum atomic E-state index is 12.9. The van der Waals surface area contributed by atoms with E-state index >= 15 is 0 Å². The number of carbonyl (C=O) groups is 2. The largest absolute Gasteiger partial charge is 0.339 e. The van der Waals surface area contributed by atoms with Crippen LogP contribution in [0.3, 0.4) is 0 Å². The topological polar surface area (TPSA) is 65.5 Å². The molecule has 2 bridgehead atoms. The number of aryl methyl sites for hydroxylation is 3. The van der Waals surface area contributed by atoms with Gasteiger partial charge >= 0.3 is 6.03 Å². The van der Waals surface area contributed by atoms with Gasteiger partial charge in [-0.05, 0) is 63.5 Å². The van der Waals surface area contributed by atoms with Crippen LogP contribution < -0.4 is 5.32 Å². The van der Waals surface area contributed by atoms with E-state index in [0.29, 0.717) is 30.2 Å². The number of urea groups is 1. The van der Waals surface area contributed by atoms with Crippen molar-refractivity contribution in [3.05, 3.63) is 23.0 Å². The first kappa shape index (κ1) is 17.3. The maximum Gasteiger partial charge on any atom is 0.321 e. The van der Waals surface area contributed by atoms with Crippen LogP contribution in [0, 0.1) is 32.6 Å². The molecule has 0 saturated carbocycles. The minimum absolute atomic E-state index is 0.0351. The summed E-state index contributed by atoms with van der Waals surface area (Å²) in [4.78, 5) is 33.7. The Kier molecular flexibility index (Phi) is 4.37. The second-order valence-corrected chi connectivity index (χ2v) is 8.24. The van der Waals surface area contributed by atoms with E-state index in [9.17, 15) is 9.59 Å². The Labute approximate surface area is 155 Å². The number of nitrogens with one attached hydrogen (secondary N) is 1. The molecule has 6 nitrogen and oxygen atoms in total. The van der Waals surface area contributed by atoms with E-state index < -0.39 is 0 Å². The number of hydrogen-bond donors (Lipinski definition) is 1. The molecule has 140 valence electrons. The first-order chi connectivity index (χ1) is 12.4. The van der Waals surface area contributed by atoms with Gasteiger partial charge in [0, 0.05) is 37.8 Å². The first-order valence-electron chi connectivity index (χ1n) is 9.72. The Morgan fingerprint density at radius 3 is 2.81 bits per heavy atom. The normalized spacial score (nSPS) is 28.0. The molecule has 3 aliphatic heterocycles. The molecule has 4 heterocycles. The van der Waals surface area contributed by atoms with E-state index in [1.807, 2.05) is 31.7 Å². The van der Waals surface area contributed by atoms with Gasteiger partial charge in [-0.3, -0.25) is 9.78 Å². The molecule has 0 aromatic carbocycles. The lowest BCUT2D eigenvalue weighted by Crippen LogP contribution is -2.61. The number of aromatic nitrogens is 1. The molecule has 6 heteroatoms. The van der Waals surface area contributed by atoms with E-state index in [0.717, 1.165) is 61.5 Å². The molecule has 3 saturated heterocycles. The van der Waals surface area contributed by atoms with Gasteiger partial charge in [0.25, 0.3) is 0 Å². The second kappa shape index (κ2) is 6.56. The van der Waals surface area contributed by atoms with Crippen LogP contribution in [0.4, 0.5) is 10.5 Å². The molecule has 1 aromatic heterocycles. The zero-order chi connectivity index (χ0) is 18.4. The highest BCUT2D eigenvalue weighted by molar-refractivity contribution is 5.91. The fraction of sp³-hybridized carbons (Fsp3) is 0.650. The molecule has 1 aromatic rings. The van der Waals surface area contributed by atoms with Crippen LogP contribution in [0.25, 0.3) is 0 Å². The SMILES string of the molecule is Cc1cc(C)c(NC(=O)N2C[C@H]3C[C@@H](C2)[C@@H]2CCCC(=O)N2C3)c(C)n1. The van der Waals surface area contributed by atoms with Crippen molar-refractivity contribution >= 4 is 17.6 Å². The number of hydrogen-bond acceptors (Lipinski definition) is 3. The van der Waals surface area contributed by atoms with Gasteiger partial charge in [-0.1, -0.05) is 0 Å². The summed E-state index contributed by atoms with van der Waals surface area (Å²) >= 11 is 0. The summed E-state index contributed by atoms with van der Waals surface area (Å²) in [5.74, 6) is 1.12. The van der Waals surface area contributed by atoms with Crippen molar-refractivity contribution in [1.29, 1.82) is 0 Å². The minimum atomic E-state index is -0.0351. The van der Waals surface area contributed by atoms with Gasteiger partial charge in [0.1, 0.15) is 0 Å². The monoisotopic (exact) mass is 356 g/mol. The van der Waals surface area contributed by atoms with Crippen LogP contribution in [-0.4, -0.2) is 52.4 Å². The van der Waals surface area contributed by atoms with E-state index in [2.05, 4.69) is 15.2 Å². The van der Waals surface area contributed by atoms with Crippen LogP contribution in [0.2, 0.25) is 0 Å². The van der Waals surface area contributed by atoms with Crippen molar-refractivity contribution in [2.75, 3.05) is 25.0 Å². The molecule has 0 aliphatic carbocycles. The highest BCUT2D eigenvalue weighted by Gasteiger charge is 2.44. The zero-order valence-corrected chi connectivity index (χ0v) is 15.9. The number of likely N-dealkylation sites (tertiary alicyclic amines) is 1. The fourth-order valence-corrected chi connectivity index (χ4v) is 5.17. The summed E-state index contributed by atoms with van der Waals surface area (Å²) in [6, 6.07) is 2.29. The lowest BCUT2D eigenvalue weighted by molar-refractivity contribution is -0.144. The average Bonchev–Trinajstić information content (AvgIpc) is 2.58. The zero-order valence-electron chi connectivity index (χ0n) is 15.9. The third kappa shape index (κ3) is 3.06. The van der Waals surface area contributed by atoms with Gasteiger partial charge in [0.15, 0.2) is 0 Å². The predicted octanol–water partition coefficient (Wildman–Crippen LogP) is 2.87. The summed E-state index contributed by atoms with van der Waals surface area (Å²) in [5, 5.41) is 3.09. The number of nitrogens with zero attached hydrogens (tertiary/aromatic N) is 3. The van der Waals surface area contributed by atoms with Gasteiger partial charge in [-0.25, -0.2) is 4.79 Å². The molecule has 3 amide bonds. The molecule has 3 atom stereocenters. The van der Waals surface area contributed by atoms with Crippen molar-refractivity contribution in [3.63, 3.8) is 0 Å². The number of rotatable bonds is 1. The van der Waals surface area contributed by atoms with E-state index in [1.165, 1.54) is 0 Å². The standard InChI is InChI=1S/C20H28N4O2/c1-12-7-13(2)21-14(3)19(12)22-20(26)23-9-15-8-16(11-23)17-5-4-6-18(25)24(17)10-15/h7,15-17H,4-6,8-11H2,1-3H3,(H,22,26)/t15-,16+,17+/m1/s1. The molecule has 0 radical (unpaired) electrons.